The first-order valence-corrected chi connectivity index (χ1v) is 14.3. The molecule has 3 atom stereocenters. The van der Waals surface area contributed by atoms with Crippen LogP contribution in [0.15, 0.2) is 36.1 Å². The molecule has 1 saturated heterocycles. The van der Waals surface area contributed by atoms with Gasteiger partial charge < -0.3 is 25.8 Å². The lowest BCUT2D eigenvalue weighted by molar-refractivity contribution is -0.140. The number of ether oxygens (including phenoxy) is 1. The maximum atomic E-state index is 13.9. The van der Waals surface area contributed by atoms with Gasteiger partial charge in [-0.25, -0.2) is 13.2 Å². The number of carboxylic acid groups (broad SMARTS) is 1. The third kappa shape index (κ3) is 10.5. The quantitative estimate of drug-likeness (QED) is 0.122. The predicted octanol–water partition coefficient (Wildman–Crippen LogP) is 4.14. The van der Waals surface area contributed by atoms with Gasteiger partial charge in [0.2, 0.25) is 5.91 Å². The molecule has 0 aliphatic carbocycles. The van der Waals surface area contributed by atoms with E-state index in [-0.39, 0.29) is 42.6 Å². The molecule has 0 spiro atoms. The normalized spacial score (nSPS) is 17.4. The molecule has 1 aliphatic heterocycles. The highest BCUT2D eigenvalue weighted by Crippen LogP contribution is 2.25. The SMILES string of the molecule is C/C=C(\C=C/CCCNC(=O)C1SCCN1C(=O)CC(N)Cc1cc(F)c(F)cc1F)O[C@H](CC(=O)O)C(C)C. The van der Waals surface area contributed by atoms with Crippen molar-refractivity contribution in [2.75, 3.05) is 18.8 Å². The van der Waals surface area contributed by atoms with Crippen LogP contribution in [0.2, 0.25) is 0 Å². The molecule has 0 saturated carbocycles. The number of amides is 2. The Balaban J connectivity index is 1.78. The topological polar surface area (TPSA) is 122 Å². The summed E-state index contributed by atoms with van der Waals surface area (Å²) in [5.74, 6) is -3.83. The van der Waals surface area contributed by atoms with Crippen molar-refractivity contribution < 1.29 is 37.4 Å². The van der Waals surface area contributed by atoms with Crippen LogP contribution in [0.1, 0.15) is 52.0 Å². The maximum absolute atomic E-state index is 13.9. The molecule has 0 aromatic heterocycles. The molecule has 2 amide bonds. The molecule has 12 heteroatoms. The number of allylic oxidation sites excluding steroid dienone is 3. The van der Waals surface area contributed by atoms with Gasteiger partial charge in [-0.2, -0.15) is 0 Å². The summed E-state index contributed by atoms with van der Waals surface area (Å²) in [5, 5.41) is 11.2. The zero-order chi connectivity index (χ0) is 29.8. The van der Waals surface area contributed by atoms with E-state index in [1.165, 1.54) is 16.7 Å². The standard InChI is InChI=1S/C28H38F3N3O5S/c1-4-20(39-24(17(2)3)16-26(36)37)8-6-5-7-9-33-27(38)28-34(10-11-40-28)25(35)14-19(32)12-18-13-22(30)23(31)15-21(18)29/h4,6,8,13,15,17,19,24,28H,5,7,9-12,14,16,32H2,1-3H3,(H,33,38)(H,36,37)/b8-6-,20-4+/t19?,24-,28?/m1/s1. The monoisotopic (exact) mass is 585 g/mol. The van der Waals surface area contributed by atoms with Crippen molar-refractivity contribution in [1.29, 1.82) is 0 Å². The third-order valence-electron chi connectivity index (χ3n) is 6.26. The molecule has 1 aliphatic rings. The molecular formula is C28H38F3N3O5S. The fourth-order valence-electron chi connectivity index (χ4n) is 4.04. The molecule has 4 N–H and O–H groups in total. The van der Waals surface area contributed by atoms with Crippen molar-refractivity contribution in [3.63, 3.8) is 0 Å². The first kappa shape index (κ1) is 33.2. The minimum absolute atomic E-state index is 0.0349. The molecule has 222 valence electrons. The van der Waals surface area contributed by atoms with Crippen LogP contribution in [-0.2, 0) is 25.5 Å². The van der Waals surface area contributed by atoms with Crippen LogP contribution < -0.4 is 11.1 Å². The van der Waals surface area contributed by atoms with E-state index in [9.17, 15) is 27.6 Å². The van der Waals surface area contributed by atoms with E-state index >= 15 is 0 Å². The molecule has 0 radical (unpaired) electrons. The Morgan fingerprint density at radius 1 is 1.20 bits per heavy atom. The zero-order valence-corrected chi connectivity index (χ0v) is 23.8. The van der Waals surface area contributed by atoms with Gasteiger partial charge in [-0.05, 0) is 55.9 Å². The van der Waals surface area contributed by atoms with Gasteiger partial charge >= 0.3 is 5.97 Å². The fourth-order valence-corrected chi connectivity index (χ4v) is 5.20. The smallest absolute Gasteiger partial charge is 0.307 e. The van der Waals surface area contributed by atoms with Crippen molar-refractivity contribution >= 4 is 29.5 Å². The van der Waals surface area contributed by atoms with Crippen LogP contribution in [0.3, 0.4) is 0 Å². The third-order valence-corrected chi connectivity index (χ3v) is 7.47. The van der Waals surface area contributed by atoms with Crippen LogP contribution in [-0.4, -0.2) is 64.2 Å². The van der Waals surface area contributed by atoms with Crippen molar-refractivity contribution in [1.82, 2.24) is 10.2 Å². The molecule has 1 fully saturated rings. The summed E-state index contributed by atoms with van der Waals surface area (Å²) in [7, 11) is 0. The van der Waals surface area contributed by atoms with Gasteiger partial charge in [0.05, 0.1) is 6.42 Å². The minimum Gasteiger partial charge on any atom is -0.490 e. The largest absolute Gasteiger partial charge is 0.490 e. The zero-order valence-electron chi connectivity index (χ0n) is 23.0. The van der Waals surface area contributed by atoms with E-state index in [1.807, 2.05) is 19.9 Å². The second-order valence-electron chi connectivity index (χ2n) is 9.86. The number of aliphatic carboxylic acids is 1. The van der Waals surface area contributed by atoms with Gasteiger partial charge in [0, 0.05) is 37.4 Å². The number of nitrogens with two attached hydrogens (primary N) is 1. The van der Waals surface area contributed by atoms with E-state index < -0.39 is 40.9 Å². The Labute approximate surface area is 237 Å². The van der Waals surface area contributed by atoms with E-state index in [4.69, 9.17) is 15.6 Å². The first-order chi connectivity index (χ1) is 18.9. The number of benzene rings is 1. The van der Waals surface area contributed by atoms with Crippen LogP contribution in [0.25, 0.3) is 0 Å². The Morgan fingerprint density at radius 2 is 1.90 bits per heavy atom. The lowest BCUT2D eigenvalue weighted by Crippen LogP contribution is -2.46. The molecule has 2 unspecified atom stereocenters. The molecule has 1 heterocycles. The Bertz CT molecular complexity index is 1100. The van der Waals surface area contributed by atoms with E-state index in [1.54, 1.807) is 19.1 Å². The van der Waals surface area contributed by atoms with Crippen LogP contribution in [0.5, 0.6) is 0 Å². The Hall–Kier alpha value is -2.99. The summed E-state index contributed by atoms with van der Waals surface area (Å²) >= 11 is 1.33. The lowest BCUT2D eigenvalue weighted by atomic mass is 10.0. The number of halogens is 3. The van der Waals surface area contributed by atoms with Crippen molar-refractivity contribution in [3.05, 3.63) is 59.1 Å². The fraction of sp³-hybridized carbons (Fsp3) is 0.536. The number of carbonyl (C=O) groups is 3. The number of nitrogens with one attached hydrogen (secondary N) is 1. The van der Waals surface area contributed by atoms with Gasteiger partial charge in [0.1, 0.15) is 17.7 Å². The summed E-state index contributed by atoms with van der Waals surface area (Å²) in [5.41, 5.74) is 5.87. The van der Waals surface area contributed by atoms with E-state index in [2.05, 4.69) is 5.32 Å². The Kier molecular flexibility index (Phi) is 13.6. The number of nitrogens with zero attached hydrogens (tertiary/aromatic N) is 1. The van der Waals surface area contributed by atoms with Crippen LogP contribution >= 0.6 is 11.8 Å². The second-order valence-corrected chi connectivity index (χ2v) is 11.0. The molecular weight excluding hydrogens is 547 g/mol. The van der Waals surface area contributed by atoms with Crippen LogP contribution in [0.4, 0.5) is 13.2 Å². The highest BCUT2D eigenvalue weighted by molar-refractivity contribution is 8.00. The molecule has 8 nitrogen and oxygen atoms in total. The number of unbranched alkanes of at least 4 members (excludes halogenated alkanes) is 1. The van der Waals surface area contributed by atoms with Crippen molar-refractivity contribution in [2.45, 2.75) is 70.4 Å². The molecule has 1 aromatic rings. The average molecular weight is 586 g/mol. The maximum Gasteiger partial charge on any atom is 0.307 e. The van der Waals surface area contributed by atoms with Crippen molar-refractivity contribution in [2.24, 2.45) is 11.7 Å². The van der Waals surface area contributed by atoms with Gasteiger partial charge in [-0.1, -0.05) is 19.9 Å². The lowest BCUT2D eigenvalue weighted by Gasteiger charge is -2.24. The number of hydrogen-bond acceptors (Lipinski definition) is 6. The number of hydrogen-bond donors (Lipinski definition) is 3. The minimum atomic E-state index is -1.30. The second kappa shape index (κ2) is 16.3. The number of carboxylic acids is 1. The van der Waals surface area contributed by atoms with Crippen LogP contribution in [0, 0.1) is 23.4 Å². The highest BCUT2D eigenvalue weighted by Gasteiger charge is 2.35. The Morgan fingerprint density at radius 3 is 2.55 bits per heavy atom. The average Bonchev–Trinajstić information content (AvgIpc) is 3.38. The summed E-state index contributed by atoms with van der Waals surface area (Å²) < 4.78 is 46.4. The van der Waals surface area contributed by atoms with Crippen molar-refractivity contribution in [3.8, 4) is 0 Å². The first-order valence-electron chi connectivity index (χ1n) is 13.2. The summed E-state index contributed by atoms with van der Waals surface area (Å²) in [6.45, 7) is 6.35. The number of rotatable bonds is 15. The molecule has 1 aromatic carbocycles. The molecule has 40 heavy (non-hydrogen) atoms. The summed E-state index contributed by atoms with van der Waals surface area (Å²) in [6.07, 6.45) is 5.85. The predicted molar refractivity (Wildman–Crippen MR) is 148 cm³/mol. The van der Waals surface area contributed by atoms with Gasteiger partial charge in [0.25, 0.3) is 5.91 Å². The van der Waals surface area contributed by atoms with E-state index in [0.717, 1.165) is 6.07 Å². The van der Waals surface area contributed by atoms with Gasteiger partial charge in [0.15, 0.2) is 17.0 Å². The highest BCUT2D eigenvalue weighted by atomic mass is 32.2. The van der Waals surface area contributed by atoms with Gasteiger partial charge in [-0.3, -0.25) is 14.4 Å². The summed E-state index contributed by atoms with van der Waals surface area (Å²) in [6, 6.07) is 0.351. The summed E-state index contributed by atoms with van der Waals surface area (Å²) in [4.78, 5) is 38.0. The number of carbonyl (C=O) groups excluding carboxylic acids is 2. The number of thioether (sulfide) groups is 1. The molecule has 0 bridgehead atoms. The molecule has 2 rings (SSSR count). The van der Waals surface area contributed by atoms with Gasteiger partial charge in [-0.15, -0.1) is 11.8 Å². The van der Waals surface area contributed by atoms with E-state index in [0.29, 0.717) is 43.5 Å².